The minimum atomic E-state index is -2.57. The summed E-state index contributed by atoms with van der Waals surface area (Å²) in [5.41, 5.74) is -1.15. The first-order chi connectivity index (χ1) is 7.56. The van der Waals surface area contributed by atoms with E-state index in [4.69, 9.17) is 0 Å². The molecule has 0 aromatic heterocycles. The second kappa shape index (κ2) is 5.34. The van der Waals surface area contributed by atoms with E-state index < -0.39 is 17.8 Å². The van der Waals surface area contributed by atoms with Gasteiger partial charge >= 0.3 is 0 Å². The van der Waals surface area contributed by atoms with Crippen LogP contribution in [0.15, 0.2) is 24.3 Å². The quantitative estimate of drug-likeness (QED) is 0.819. The molecule has 1 rings (SSSR count). The van der Waals surface area contributed by atoms with Crippen molar-refractivity contribution in [3.63, 3.8) is 0 Å². The second-order valence-corrected chi connectivity index (χ2v) is 3.67. The van der Waals surface area contributed by atoms with Crippen LogP contribution in [0.3, 0.4) is 0 Å². The normalized spacial score (nSPS) is 15.1. The van der Waals surface area contributed by atoms with Crippen LogP contribution in [-0.4, -0.2) is 13.0 Å². The molecule has 0 aliphatic rings. The maximum Gasteiger partial charge on any atom is 0.260 e. The van der Waals surface area contributed by atoms with E-state index in [1.807, 2.05) is 0 Å². The van der Waals surface area contributed by atoms with Crippen LogP contribution in [0.25, 0.3) is 0 Å². The summed E-state index contributed by atoms with van der Waals surface area (Å²) in [6.45, 7) is 3.83. The summed E-state index contributed by atoms with van der Waals surface area (Å²) in [5.74, 6) is -0.492. The van der Waals surface area contributed by atoms with Gasteiger partial charge in [-0.1, -0.05) is 26.0 Å². The predicted molar refractivity (Wildman–Crippen MR) is 58.0 cm³/mol. The lowest BCUT2D eigenvalue weighted by Crippen LogP contribution is -2.48. The molecule has 0 saturated heterocycles. The fraction of sp³-hybridized carbons (Fsp3) is 0.500. The van der Waals surface area contributed by atoms with Gasteiger partial charge in [-0.2, -0.15) is 0 Å². The van der Waals surface area contributed by atoms with Crippen LogP contribution < -0.4 is 5.32 Å². The molecule has 1 nitrogen and oxygen atoms in total. The Kier molecular flexibility index (Phi) is 4.35. The van der Waals surface area contributed by atoms with E-state index in [1.54, 1.807) is 13.8 Å². The van der Waals surface area contributed by atoms with Crippen LogP contribution in [0.1, 0.15) is 25.8 Å². The molecule has 0 bridgehead atoms. The van der Waals surface area contributed by atoms with Crippen LogP contribution in [0.4, 0.5) is 13.2 Å². The summed E-state index contributed by atoms with van der Waals surface area (Å²) < 4.78 is 39.4. The van der Waals surface area contributed by atoms with Crippen LogP contribution in [0.2, 0.25) is 0 Å². The minimum Gasteiger partial charge on any atom is -0.303 e. The van der Waals surface area contributed by atoms with Crippen LogP contribution >= 0.6 is 0 Å². The molecule has 1 unspecified atom stereocenters. The van der Waals surface area contributed by atoms with Crippen LogP contribution in [0.5, 0.6) is 0 Å². The van der Waals surface area contributed by atoms with Crippen molar-refractivity contribution < 1.29 is 13.2 Å². The van der Waals surface area contributed by atoms with Gasteiger partial charge in [0.15, 0.2) is 0 Å². The smallest absolute Gasteiger partial charge is 0.260 e. The molecule has 0 aliphatic heterocycles. The molecular formula is C12H16F3N. The largest absolute Gasteiger partial charge is 0.303 e. The topological polar surface area (TPSA) is 12.0 Å². The lowest BCUT2D eigenvalue weighted by Gasteiger charge is -2.33. The number of hydrogen-bond acceptors (Lipinski definition) is 1. The maximum absolute atomic E-state index is 13.2. The lowest BCUT2D eigenvalue weighted by atomic mass is 9.87. The van der Waals surface area contributed by atoms with Crippen molar-refractivity contribution in [1.29, 1.82) is 0 Å². The third-order valence-electron chi connectivity index (χ3n) is 2.76. The molecule has 16 heavy (non-hydrogen) atoms. The number of halogens is 3. The van der Waals surface area contributed by atoms with Crippen molar-refractivity contribution in [2.24, 2.45) is 0 Å². The van der Waals surface area contributed by atoms with Gasteiger partial charge in [0.2, 0.25) is 0 Å². The van der Waals surface area contributed by atoms with Gasteiger partial charge in [0.1, 0.15) is 11.4 Å². The van der Waals surface area contributed by atoms with E-state index in [-0.39, 0.29) is 6.42 Å². The highest BCUT2D eigenvalue weighted by molar-refractivity contribution is 5.26. The second-order valence-electron chi connectivity index (χ2n) is 3.67. The molecule has 0 radical (unpaired) electrons. The molecule has 1 atom stereocenters. The Balaban J connectivity index is 3.18. The molecule has 0 amide bonds. The Morgan fingerprint density at radius 1 is 1.31 bits per heavy atom. The molecule has 4 heteroatoms. The van der Waals surface area contributed by atoms with Gasteiger partial charge in [-0.3, -0.25) is 0 Å². The summed E-state index contributed by atoms with van der Waals surface area (Å²) in [5, 5.41) is 2.77. The Morgan fingerprint density at radius 3 is 2.44 bits per heavy atom. The van der Waals surface area contributed by atoms with Gasteiger partial charge in [0, 0.05) is 0 Å². The van der Waals surface area contributed by atoms with E-state index in [0.29, 0.717) is 12.1 Å². The zero-order valence-corrected chi connectivity index (χ0v) is 9.43. The molecule has 1 N–H and O–H groups in total. The average molecular weight is 231 g/mol. The van der Waals surface area contributed by atoms with Gasteiger partial charge in [-0.25, -0.2) is 13.2 Å². The van der Waals surface area contributed by atoms with E-state index in [2.05, 4.69) is 5.32 Å². The van der Waals surface area contributed by atoms with Gasteiger partial charge in [0.25, 0.3) is 6.43 Å². The average Bonchev–Trinajstić information content (AvgIpc) is 2.25. The molecule has 0 heterocycles. The van der Waals surface area contributed by atoms with Crippen molar-refractivity contribution in [1.82, 2.24) is 5.32 Å². The first-order valence-corrected chi connectivity index (χ1v) is 5.36. The molecule has 0 fully saturated rings. The Labute approximate surface area is 93.7 Å². The Hall–Kier alpha value is -1.03. The fourth-order valence-electron chi connectivity index (χ4n) is 1.87. The highest BCUT2D eigenvalue weighted by atomic mass is 19.3. The number of nitrogens with one attached hydrogen (secondary N) is 1. The molecule has 1 aromatic carbocycles. The van der Waals surface area contributed by atoms with Crippen molar-refractivity contribution in [2.75, 3.05) is 6.54 Å². The van der Waals surface area contributed by atoms with Crippen molar-refractivity contribution in [2.45, 2.75) is 32.2 Å². The van der Waals surface area contributed by atoms with Crippen molar-refractivity contribution >= 4 is 0 Å². The number of benzene rings is 1. The zero-order chi connectivity index (χ0) is 12.2. The molecule has 0 spiro atoms. The Morgan fingerprint density at radius 2 is 2.00 bits per heavy atom. The summed E-state index contributed by atoms with van der Waals surface area (Å²) in [4.78, 5) is 0. The van der Waals surface area contributed by atoms with Gasteiger partial charge in [0.05, 0.1) is 0 Å². The summed E-state index contributed by atoms with van der Waals surface area (Å²) in [6.07, 6.45) is -2.36. The Bertz CT molecular complexity index is 341. The van der Waals surface area contributed by atoms with E-state index >= 15 is 0 Å². The summed E-state index contributed by atoms with van der Waals surface area (Å²) in [7, 11) is 0. The van der Waals surface area contributed by atoms with Gasteiger partial charge < -0.3 is 5.32 Å². The minimum absolute atomic E-state index is 0.210. The third kappa shape index (κ3) is 2.38. The maximum atomic E-state index is 13.2. The van der Waals surface area contributed by atoms with E-state index in [0.717, 1.165) is 0 Å². The number of hydrogen-bond donors (Lipinski definition) is 1. The molecular weight excluding hydrogens is 215 g/mol. The molecule has 0 aliphatic carbocycles. The van der Waals surface area contributed by atoms with Crippen LogP contribution in [-0.2, 0) is 5.54 Å². The van der Waals surface area contributed by atoms with Crippen molar-refractivity contribution in [3.8, 4) is 0 Å². The van der Waals surface area contributed by atoms with Gasteiger partial charge in [-0.05, 0) is 30.7 Å². The molecule has 0 saturated carbocycles. The SMILES string of the molecule is CCNC(CC)(c1cccc(F)c1)C(F)F. The lowest BCUT2D eigenvalue weighted by molar-refractivity contribution is 0.0252. The monoisotopic (exact) mass is 231 g/mol. The first kappa shape index (κ1) is 13.0. The summed E-state index contributed by atoms with van der Waals surface area (Å²) >= 11 is 0. The highest BCUT2D eigenvalue weighted by Crippen LogP contribution is 2.32. The zero-order valence-electron chi connectivity index (χ0n) is 9.43. The summed E-state index contributed by atoms with van der Waals surface area (Å²) in [6, 6.07) is 5.40. The fourth-order valence-corrected chi connectivity index (χ4v) is 1.87. The number of rotatable bonds is 5. The van der Waals surface area contributed by atoms with E-state index in [1.165, 1.54) is 24.3 Å². The molecule has 90 valence electrons. The standard InChI is InChI=1S/C12H16F3N/c1-3-12(11(14)15,16-4-2)9-6-5-7-10(13)8-9/h5-8,11,16H,3-4H2,1-2H3. The third-order valence-corrected chi connectivity index (χ3v) is 2.76. The highest BCUT2D eigenvalue weighted by Gasteiger charge is 2.39. The van der Waals surface area contributed by atoms with E-state index in [9.17, 15) is 13.2 Å². The molecule has 1 aromatic rings. The van der Waals surface area contributed by atoms with Gasteiger partial charge in [-0.15, -0.1) is 0 Å². The number of alkyl halides is 2. The van der Waals surface area contributed by atoms with Crippen LogP contribution in [0, 0.1) is 5.82 Å². The predicted octanol–water partition coefficient (Wildman–Crippen LogP) is 3.31. The van der Waals surface area contributed by atoms with Crippen molar-refractivity contribution in [3.05, 3.63) is 35.6 Å². The first-order valence-electron chi connectivity index (χ1n) is 5.36.